The number of anilines is 1. The van der Waals surface area contributed by atoms with Gasteiger partial charge in [-0.1, -0.05) is 30.3 Å². The number of nitrogens with zero attached hydrogens (tertiary/aromatic N) is 1. The third kappa shape index (κ3) is 7.70. The summed E-state index contributed by atoms with van der Waals surface area (Å²) in [4.78, 5) is 15.1. The maximum atomic E-state index is 12.9. The van der Waals surface area contributed by atoms with Crippen molar-refractivity contribution in [3.05, 3.63) is 54.1 Å². The Hall–Kier alpha value is -2.82. The van der Waals surface area contributed by atoms with Crippen LogP contribution in [0, 0.1) is 0 Å². The van der Waals surface area contributed by atoms with Gasteiger partial charge in [0.15, 0.2) is 0 Å². The minimum Gasteiger partial charge on any atom is -0.491 e. The first-order chi connectivity index (χ1) is 15.0. The van der Waals surface area contributed by atoms with E-state index in [2.05, 4.69) is 4.83 Å². The molecule has 0 spiro atoms. The van der Waals surface area contributed by atoms with Crippen molar-refractivity contribution in [2.24, 2.45) is 0 Å². The predicted molar refractivity (Wildman–Crippen MR) is 119 cm³/mol. The van der Waals surface area contributed by atoms with E-state index in [0.717, 1.165) is 16.8 Å². The van der Waals surface area contributed by atoms with Crippen molar-refractivity contribution in [2.75, 3.05) is 24.5 Å². The molecule has 1 amide bonds. The van der Waals surface area contributed by atoms with Crippen LogP contribution in [0.3, 0.4) is 0 Å². The van der Waals surface area contributed by atoms with Crippen molar-refractivity contribution >= 4 is 21.8 Å². The average Bonchev–Trinajstić information content (AvgIpc) is 3.52. The van der Waals surface area contributed by atoms with Gasteiger partial charge in [-0.15, -0.1) is 4.83 Å². The first-order valence-electron chi connectivity index (χ1n) is 10.1. The molecule has 0 aliphatic carbocycles. The maximum absolute atomic E-state index is 12.9. The van der Waals surface area contributed by atoms with Crippen LogP contribution in [0.2, 0.25) is 0 Å². The number of ether oxygens (including phenoxy) is 4. The summed E-state index contributed by atoms with van der Waals surface area (Å²) in [7, 11) is -3.83. The fourth-order valence-electron chi connectivity index (χ4n) is 2.63. The Labute approximate surface area is 188 Å². The molecule has 1 saturated heterocycles. The number of hydrogen-bond donors (Lipinski definition) is 1. The molecule has 9 nitrogen and oxygen atoms in total. The number of sulfonamides is 1. The van der Waals surface area contributed by atoms with Crippen LogP contribution in [-0.2, 0) is 26.1 Å². The van der Waals surface area contributed by atoms with Crippen molar-refractivity contribution in [2.45, 2.75) is 39.1 Å². The van der Waals surface area contributed by atoms with Crippen molar-refractivity contribution in [1.29, 1.82) is 0 Å². The predicted octanol–water partition coefficient (Wildman–Crippen LogP) is 3.25. The lowest BCUT2D eigenvalue weighted by Crippen LogP contribution is -2.48. The number of carbonyl (C=O) groups is 1. The highest BCUT2D eigenvalue weighted by Gasteiger charge is 2.29. The SMILES string of the molecule is CC(C)(C)OC(=O)N(NS(C)(=O)=O)c1cc(OC[C@@H]2CO2)ccc1OCc1ccccc1. The Bertz CT molecular complexity index is 1030. The van der Waals surface area contributed by atoms with E-state index in [1.807, 2.05) is 30.3 Å². The first-order valence-corrected chi connectivity index (χ1v) is 11.9. The number of carbonyl (C=O) groups excluding carboxylic acids is 1. The topological polar surface area (TPSA) is 107 Å². The Morgan fingerprint density at radius 1 is 1.16 bits per heavy atom. The zero-order valence-corrected chi connectivity index (χ0v) is 19.3. The highest BCUT2D eigenvalue weighted by Crippen LogP contribution is 2.34. The summed E-state index contributed by atoms with van der Waals surface area (Å²) in [5.41, 5.74) is 0.191. The molecule has 174 valence electrons. The molecule has 2 aromatic carbocycles. The molecule has 1 heterocycles. The molecule has 1 aliphatic heterocycles. The number of benzene rings is 2. The van der Waals surface area contributed by atoms with Gasteiger partial charge < -0.3 is 18.9 Å². The van der Waals surface area contributed by atoms with Gasteiger partial charge in [0.05, 0.1) is 12.9 Å². The van der Waals surface area contributed by atoms with E-state index >= 15 is 0 Å². The molecule has 1 N–H and O–H groups in total. The van der Waals surface area contributed by atoms with Crippen LogP contribution < -0.4 is 19.3 Å². The van der Waals surface area contributed by atoms with Gasteiger partial charge in [0.2, 0.25) is 10.0 Å². The summed E-state index contributed by atoms with van der Waals surface area (Å²) >= 11 is 0. The minimum absolute atomic E-state index is 0.0311. The van der Waals surface area contributed by atoms with Crippen LogP contribution in [0.1, 0.15) is 26.3 Å². The Kier molecular flexibility index (Phi) is 7.27. The van der Waals surface area contributed by atoms with E-state index < -0.39 is 21.7 Å². The van der Waals surface area contributed by atoms with Crippen LogP contribution in [0.25, 0.3) is 0 Å². The second-order valence-electron chi connectivity index (χ2n) is 8.35. The first kappa shape index (κ1) is 23.8. The van der Waals surface area contributed by atoms with Crippen molar-refractivity contribution in [1.82, 2.24) is 4.83 Å². The van der Waals surface area contributed by atoms with Crippen LogP contribution >= 0.6 is 0 Å². The summed E-state index contributed by atoms with van der Waals surface area (Å²) in [6.45, 7) is 6.24. The summed E-state index contributed by atoms with van der Waals surface area (Å²) in [5, 5.41) is 0.807. The second kappa shape index (κ2) is 9.76. The number of hydrazine groups is 1. The summed E-state index contributed by atoms with van der Waals surface area (Å²) in [6.07, 6.45) is 0.0679. The Morgan fingerprint density at radius 2 is 1.84 bits per heavy atom. The number of amides is 1. The Balaban J connectivity index is 1.94. The van der Waals surface area contributed by atoms with Gasteiger partial charge in [-0.05, 0) is 38.5 Å². The van der Waals surface area contributed by atoms with Crippen molar-refractivity contribution in [3.8, 4) is 11.5 Å². The highest BCUT2D eigenvalue weighted by molar-refractivity contribution is 7.88. The molecule has 0 radical (unpaired) electrons. The average molecular weight is 465 g/mol. The van der Waals surface area contributed by atoms with Gasteiger partial charge in [-0.2, -0.15) is 5.01 Å². The third-order valence-corrected chi connectivity index (χ3v) is 4.59. The zero-order valence-electron chi connectivity index (χ0n) is 18.5. The molecular formula is C22H28N2O7S. The van der Waals surface area contributed by atoms with Gasteiger partial charge in [0.25, 0.3) is 0 Å². The van der Waals surface area contributed by atoms with Gasteiger partial charge in [0.1, 0.15) is 42.1 Å². The number of hydrogen-bond acceptors (Lipinski definition) is 7. The number of nitrogens with one attached hydrogen (secondary N) is 1. The van der Waals surface area contributed by atoms with Crippen LogP contribution in [-0.4, -0.2) is 45.7 Å². The van der Waals surface area contributed by atoms with Crippen molar-refractivity contribution < 1.29 is 32.2 Å². The van der Waals surface area contributed by atoms with Gasteiger partial charge in [-0.3, -0.25) is 0 Å². The standard InChI is InChI=1S/C22H28N2O7S/c1-22(2,3)31-21(25)24(23-32(4,26)27)19-12-17(28-14-18-15-29-18)10-11-20(19)30-13-16-8-6-5-7-9-16/h5-12,18,23H,13-15H2,1-4H3/t18-/m1/s1. The monoisotopic (exact) mass is 464 g/mol. The van der Waals surface area contributed by atoms with E-state index in [1.54, 1.807) is 32.9 Å². The molecule has 2 aromatic rings. The lowest BCUT2D eigenvalue weighted by molar-refractivity contribution is 0.0570. The molecule has 1 aliphatic rings. The summed E-state index contributed by atoms with van der Waals surface area (Å²) < 4.78 is 46.3. The number of rotatable bonds is 9. The molecule has 0 saturated carbocycles. The Morgan fingerprint density at radius 3 is 2.44 bits per heavy atom. The van der Waals surface area contributed by atoms with E-state index in [1.165, 1.54) is 6.07 Å². The van der Waals surface area contributed by atoms with E-state index in [0.29, 0.717) is 19.0 Å². The molecule has 1 atom stereocenters. The quantitative estimate of drug-likeness (QED) is 0.448. The molecule has 32 heavy (non-hydrogen) atoms. The second-order valence-corrected chi connectivity index (χ2v) is 10.1. The van der Waals surface area contributed by atoms with E-state index in [4.69, 9.17) is 18.9 Å². The highest BCUT2D eigenvalue weighted by atomic mass is 32.2. The van der Waals surface area contributed by atoms with Crippen molar-refractivity contribution in [3.63, 3.8) is 0 Å². The third-order valence-electron chi connectivity index (χ3n) is 4.08. The van der Waals surface area contributed by atoms with E-state index in [9.17, 15) is 13.2 Å². The molecule has 0 aromatic heterocycles. The van der Waals surface area contributed by atoms with Crippen LogP contribution in [0.15, 0.2) is 48.5 Å². The fraction of sp³-hybridized carbons (Fsp3) is 0.409. The van der Waals surface area contributed by atoms with Crippen LogP contribution in [0.4, 0.5) is 10.5 Å². The van der Waals surface area contributed by atoms with E-state index in [-0.39, 0.29) is 24.1 Å². The largest absolute Gasteiger partial charge is 0.491 e. The van der Waals surface area contributed by atoms with Gasteiger partial charge in [0, 0.05) is 6.07 Å². The molecule has 0 bridgehead atoms. The summed E-state index contributed by atoms with van der Waals surface area (Å²) in [6, 6.07) is 14.3. The normalized spacial score (nSPS) is 15.7. The molecule has 0 unspecified atom stereocenters. The zero-order chi connectivity index (χ0) is 23.4. The molecular weight excluding hydrogens is 436 g/mol. The minimum atomic E-state index is -3.83. The maximum Gasteiger partial charge on any atom is 0.430 e. The van der Waals surface area contributed by atoms with Gasteiger partial charge in [-0.25, -0.2) is 13.2 Å². The lowest BCUT2D eigenvalue weighted by atomic mass is 10.2. The fourth-order valence-corrected chi connectivity index (χ4v) is 3.14. The van der Waals surface area contributed by atoms with Gasteiger partial charge >= 0.3 is 6.09 Å². The summed E-state index contributed by atoms with van der Waals surface area (Å²) in [5.74, 6) is 0.692. The molecule has 10 heteroatoms. The van der Waals surface area contributed by atoms with Crippen LogP contribution in [0.5, 0.6) is 11.5 Å². The lowest BCUT2D eigenvalue weighted by Gasteiger charge is -2.28. The molecule has 3 rings (SSSR count). The molecule has 1 fully saturated rings. The smallest absolute Gasteiger partial charge is 0.430 e. The number of epoxide rings is 1.